The predicted octanol–water partition coefficient (Wildman–Crippen LogP) is 2.17. The van der Waals surface area contributed by atoms with Gasteiger partial charge in [0.25, 0.3) is 0 Å². The van der Waals surface area contributed by atoms with Gasteiger partial charge >= 0.3 is 5.97 Å². The quantitative estimate of drug-likeness (QED) is 0.792. The van der Waals surface area contributed by atoms with Crippen molar-refractivity contribution in [3.05, 3.63) is 35.4 Å². The van der Waals surface area contributed by atoms with Crippen LogP contribution in [0, 0.1) is 0 Å². The first kappa shape index (κ1) is 13.3. The van der Waals surface area contributed by atoms with E-state index in [9.17, 15) is 9.59 Å². The lowest BCUT2D eigenvalue weighted by molar-refractivity contribution is -0.123. The molecule has 0 aromatic heterocycles. The third-order valence-electron chi connectivity index (χ3n) is 4.44. The number of nitrogens with zero attached hydrogens (tertiary/aromatic N) is 1. The van der Waals surface area contributed by atoms with Crippen molar-refractivity contribution in [2.24, 2.45) is 0 Å². The van der Waals surface area contributed by atoms with Gasteiger partial charge in [0.2, 0.25) is 0 Å². The highest BCUT2D eigenvalue weighted by Gasteiger charge is 2.39. The molecule has 0 N–H and O–H groups in total. The van der Waals surface area contributed by atoms with Crippen LogP contribution in [-0.2, 0) is 16.1 Å². The van der Waals surface area contributed by atoms with Gasteiger partial charge in [-0.3, -0.25) is 9.69 Å². The summed E-state index contributed by atoms with van der Waals surface area (Å²) in [5.74, 6) is 0.106. The molecule has 20 heavy (non-hydrogen) atoms. The summed E-state index contributed by atoms with van der Waals surface area (Å²) >= 11 is 0. The average molecular weight is 273 g/mol. The van der Waals surface area contributed by atoms with Gasteiger partial charge in [-0.15, -0.1) is 0 Å². The van der Waals surface area contributed by atoms with E-state index in [2.05, 4.69) is 4.90 Å². The molecule has 0 unspecified atom stereocenters. The van der Waals surface area contributed by atoms with E-state index in [0.29, 0.717) is 36.3 Å². The highest BCUT2D eigenvalue weighted by Crippen LogP contribution is 2.35. The van der Waals surface area contributed by atoms with Gasteiger partial charge < -0.3 is 4.74 Å². The maximum absolute atomic E-state index is 11.6. The van der Waals surface area contributed by atoms with E-state index in [1.54, 1.807) is 12.1 Å². The van der Waals surface area contributed by atoms with Crippen LogP contribution in [0.25, 0.3) is 0 Å². The summed E-state index contributed by atoms with van der Waals surface area (Å²) in [6, 6.07) is 8.39. The van der Waals surface area contributed by atoms with E-state index in [1.165, 1.54) is 12.7 Å². The van der Waals surface area contributed by atoms with Crippen molar-refractivity contribution in [1.29, 1.82) is 0 Å². The first-order valence-electron chi connectivity index (χ1n) is 7.12. The molecule has 1 aromatic rings. The third-order valence-corrected chi connectivity index (χ3v) is 4.44. The molecule has 2 aliphatic rings. The van der Waals surface area contributed by atoms with Gasteiger partial charge in [0.1, 0.15) is 5.78 Å². The SMILES string of the molecule is COC(=O)c1ccc(CN2[C@H]3CC[C@H]2CC(=O)C3)cc1. The van der Waals surface area contributed by atoms with Gasteiger partial charge in [-0.05, 0) is 30.5 Å². The summed E-state index contributed by atoms with van der Waals surface area (Å²) in [5.41, 5.74) is 1.76. The Labute approximate surface area is 118 Å². The van der Waals surface area contributed by atoms with Crippen molar-refractivity contribution < 1.29 is 14.3 Å². The van der Waals surface area contributed by atoms with Crippen LogP contribution in [0.1, 0.15) is 41.6 Å². The van der Waals surface area contributed by atoms with Crippen LogP contribution in [-0.4, -0.2) is 35.8 Å². The van der Waals surface area contributed by atoms with Gasteiger partial charge in [0.15, 0.2) is 0 Å². The lowest BCUT2D eigenvalue weighted by Crippen LogP contribution is -2.42. The second-order valence-corrected chi connectivity index (χ2v) is 5.69. The zero-order chi connectivity index (χ0) is 14.1. The topological polar surface area (TPSA) is 46.6 Å². The summed E-state index contributed by atoms with van der Waals surface area (Å²) in [6.07, 6.45) is 3.68. The number of carbonyl (C=O) groups excluding carboxylic acids is 2. The van der Waals surface area contributed by atoms with E-state index in [0.717, 1.165) is 19.4 Å². The summed E-state index contributed by atoms with van der Waals surface area (Å²) in [7, 11) is 1.39. The Hall–Kier alpha value is -1.68. The normalized spacial score (nSPS) is 25.8. The zero-order valence-electron chi connectivity index (χ0n) is 11.7. The lowest BCUT2D eigenvalue weighted by Gasteiger charge is -2.33. The molecular weight excluding hydrogens is 254 g/mol. The van der Waals surface area contributed by atoms with Crippen molar-refractivity contribution in [2.75, 3.05) is 7.11 Å². The smallest absolute Gasteiger partial charge is 0.337 e. The standard InChI is InChI=1S/C16H19NO3/c1-20-16(19)12-4-2-11(3-5-12)10-17-13-6-7-14(17)9-15(18)8-13/h2-5,13-14H,6-10H2,1H3/t13-,14-/m0/s1. The molecule has 0 amide bonds. The number of esters is 1. The number of hydrogen-bond acceptors (Lipinski definition) is 4. The summed E-state index contributed by atoms with van der Waals surface area (Å²) in [4.78, 5) is 25.4. The van der Waals surface area contributed by atoms with E-state index < -0.39 is 0 Å². The van der Waals surface area contributed by atoms with Gasteiger partial charge in [-0.1, -0.05) is 12.1 Å². The molecule has 3 rings (SSSR count). The van der Waals surface area contributed by atoms with Crippen LogP contribution in [0.4, 0.5) is 0 Å². The van der Waals surface area contributed by atoms with Crippen molar-refractivity contribution in [3.8, 4) is 0 Å². The van der Waals surface area contributed by atoms with Crippen LogP contribution in [0.5, 0.6) is 0 Å². The number of Topliss-reactive ketones (excluding diaryl/α,β-unsaturated/α-hetero) is 1. The molecule has 2 fully saturated rings. The maximum Gasteiger partial charge on any atom is 0.337 e. The Morgan fingerprint density at radius 1 is 1.20 bits per heavy atom. The molecule has 0 spiro atoms. The number of fused-ring (bicyclic) bond motifs is 2. The molecule has 4 heteroatoms. The molecule has 4 nitrogen and oxygen atoms in total. The Kier molecular flexibility index (Phi) is 3.57. The molecule has 2 saturated heterocycles. The number of piperidine rings is 1. The monoisotopic (exact) mass is 273 g/mol. The molecule has 0 aliphatic carbocycles. The predicted molar refractivity (Wildman–Crippen MR) is 74.4 cm³/mol. The first-order valence-corrected chi connectivity index (χ1v) is 7.12. The molecule has 2 aliphatic heterocycles. The minimum absolute atomic E-state index is 0.305. The summed E-state index contributed by atoms with van der Waals surface area (Å²) < 4.78 is 4.70. The van der Waals surface area contributed by atoms with Crippen LogP contribution < -0.4 is 0 Å². The minimum Gasteiger partial charge on any atom is -0.465 e. The fourth-order valence-corrected chi connectivity index (χ4v) is 3.40. The number of rotatable bonds is 3. The summed E-state index contributed by atoms with van der Waals surface area (Å²) in [6.45, 7) is 0.865. The number of methoxy groups -OCH3 is 1. The van der Waals surface area contributed by atoms with E-state index in [1.807, 2.05) is 12.1 Å². The van der Waals surface area contributed by atoms with Gasteiger partial charge in [-0.2, -0.15) is 0 Å². The van der Waals surface area contributed by atoms with Crippen LogP contribution in [0.2, 0.25) is 0 Å². The number of hydrogen-bond donors (Lipinski definition) is 0. The maximum atomic E-state index is 11.6. The fraction of sp³-hybridized carbons (Fsp3) is 0.500. The van der Waals surface area contributed by atoms with E-state index in [4.69, 9.17) is 4.74 Å². The van der Waals surface area contributed by atoms with Gasteiger partial charge in [0.05, 0.1) is 12.7 Å². The number of ketones is 1. The Morgan fingerprint density at radius 3 is 2.35 bits per heavy atom. The minimum atomic E-state index is -0.305. The molecule has 2 bridgehead atoms. The van der Waals surface area contributed by atoms with E-state index >= 15 is 0 Å². The van der Waals surface area contributed by atoms with Crippen molar-refractivity contribution in [3.63, 3.8) is 0 Å². The van der Waals surface area contributed by atoms with Crippen molar-refractivity contribution >= 4 is 11.8 Å². The average Bonchev–Trinajstić information content (AvgIpc) is 2.70. The summed E-state index contributed by atoms with van der Waals surface area (Å²) in [5, 5.41) is 0. The molecule has 0 radical (unpaired) electrons. The molecule has 106 valence electrons. The largest absolute Gasteiger partial charge is 0.465 e. The number of benzene rings is 1. The molecule has 2 atom stereocenters. The second kappa shape index (κ2) is 5.37. The van der Waals surface area contributed by atoms with Gasteiger partial charge in [-0.25, -0.2) is 4.79 Å². The number of carbonyl (C=O) groups is 2. The molecule has 2 heterocycles. The van der Waals surface area contributed by atoms with Crippen LogP contribution >= 0.6 is 0 Å². The third kappa shape index (κ3) is 2.48. The fourth-order valence-electron chi connectivity index (χ4n) is 3.40. The van der Waals surface area contributed by atoms with Crippen molar-refractivity contribution in [1.82, 2.24) is 4.90 Å². The van der Waals surface area contributed by atoms with Crippen molar-refractivity contribution in [2.45, 2.75) is 44.3 Å². The van der Waals surface area contributed by atoms with Crippen LogP contribution in [0.3, 0.4) is 0 Å². The molecule has 0 saturated carbocycles. The van der Waals surface area contributed by atoms with Gasteiger partial charge in [0, 0.05) is 31.5 Å². The van der Waals surface area contributed by atoms with Crippen LogP contribution in [0.15, 0.2) is 24.3 Å². The lowest BCUT2D eigenvalue weighted by atomic mass is 10.0. The molecule has 1 aromatic carbocycles. The Morgan fingerprint density at radius 2 is 1.80 bits per heavy atom. The highest BCUT2D eigenvalue weighted by atomic mass is 16.5. The van der Waals surface area contributed by atoms with E-state index in [-0.39, 0.29) is 5.97 Å². The number of ether oxygens (including phenoxy) is 1. The Bertz CT molecular complexity index is 507. The zero-order valence-corrected chi connectivity index (χ0v) is 11.7. The first-order chi connectivity index (χ1) is 9.67. The molecular formula is C16H19NO3. The second-order valence-electron chi connectivity index (χ2n) is 5.69. The highest BCUT2D eigenvalue weighted by molar-refractivity contribution is 5.89. The Balaban J connectivity index is 1.69.